The van der Waals surface area contributed by atoms with Gasteiger partial charge < -0.3 is 4.74 Å². The first-order valence-corrected chi connectivity index (χ1v) is 13.5. The normalized spacial score (nSPS) is 48.3. The second kappa shape index (κ2) is 7.84. The van der Waals surface area contributed by atoms with Crippen LogP contribution in [0.3, 0.4) is 0 Å². The van der Waals surface area contributed by atoms with E-state index in [4.69, 9.17) is 17.6 Å². The number of hydrogen-bond acceptors (Lipinski definition) is 1. The summed E-state index contributed by atoms with van der Waals surface area (Å²) in [5.41, 5.74) is 0.979. The molecule has 8 saturated carbocycles. The third kappa shape index (κ3) is 3.59. The Kier molecular flexibility index (Phi) is 5.23. The van der Waals surface area contributed by atoms with Gasteiger partial charge >= 0.3 is 0 Å². The van der Waals surface area contributed by atoms with E-state index < -0.39 is 0 Å². The summed E-state index contributed by atoms with van der Waals surface area (Å²) in [5, 5.41) is 0. The second-order valence-corrected chi connectivity index (χ2v) is 13.3. The van der Waals surface area contributed by atoms with E-state index in [1.165, 1.54) is 77.0 Å². The van der Waals surface area contributed by atoms with Crippen LogP contribution in [0.4, 0.5) is 0 Å². The molecule has 31 heavy (non-hydrogen) atoms. The first-order chi connectivity index (χ1) is 15.1. The quantitative estimate of drug-likeness (QED) is 0.398. The van der Waals surface area contributed by atoms with Crippen molar-refractivity contribution in [3.8, 4) is 24.7 Å². The van der Waals surface area contributed by atoms with E-state index in [2.05, 4.69) is 11.8 Å². The third-order valence-corrected chi connectivity index (χ3v) is 11.3. The Labute approximate surface area is 190 Å². The van der Waals surface area contributed by atoms with Gasteiger partial charge in [-0.1, -0.05) is 0 Å². The molecule has 2 atom stereocenters. The average Bonchev–Trinajstić information content (AvgIpc) is 2.70. The predicted octanol–water partition coefficient (Wildman–Crippen LogP) is 6.71. The van der Waals surface area contributed by atoms with Crippen LogP contribution in [0.1, 0.15) is 89.9 Å². The summed E-state index contributed by atoms with van der Waals surface area (Å²) in [4.78, 5) is 0. The topological polar surface area (TPSA) is 9.23 Å². The van der Waals surface area contributed by atoms with Crippen LogP contribution in [-0.4, -0.2) is 13.2 Å². The SMILES string of the molecule is C#CCC(COCC(CC#C)C12CC3CC(CC(C3)C1)C2)C12CC3CC(CC(C3)C1)C2. The molecule has 8 fully saturated rings. The molecule has 0 spiro atoms. The highest BCUT2D eigenvalue weighted by atomic mass is 16.5. The van der Waals surface area contributed by atoms with Gasteiger partial charge in [-0.2, -0.15) is 0 Å². The molecule has 0 saturated heterocycles. The molecule has 0 aromatic rings. The van der Waals surface area contributed by atoms with Crippen LogP contribution < -0.4 is 0 Å². The van der Waals surface area contributed by atoms with E-state index in [0.29, 0.717) is 22.7 Å². The summed E-state index contributed by atoms with van der Waals surface area (Å²) < 4.78 is 6.65. The molecular weight excluding hydrogens is 376 g/mol. The maximum atomic E-state index is 6.65. The van der Waals surface area contributed by atoms with Crippen LogP contribution in [0, 0.1) is 82.9 Å². The van der Waals surface area contributed by atoms with Crippen LogP contribution in [0.15, 0.2) is 0 Å². The predicted molar refractivity (Wildman–Crippen MR) is 126 cm³/mol. The van der Waals surface area contributed by atoms with Crippen LogP contribution in [0.25, 0.3) is 0 Å². The van der Waals surface area contributed by atoms with E-state index in [9.17, 15) is 0 Å². The van der Waals surface area contributed by atoms with Gasteiger partial charge in [0.15, 0.2) is 0 Å². The average molecular weight is 419 g/mol. The standard InChI is InChI=1S/C30H42O/c1-3-5-27(29-13-21-7-22(14-29)9-23(8-21)15-29)19-31-20-28(6-4-2)30-16-24-10-25(17-30)12-26(11-24)18-30/h1-2,21-28H,5-20H2. The van der Waals surface area contributed by atoms with Crippen molar-refractivity contribution in [3.63, 3.8) is 0 Å². The van der Waals surface area contributed by atoms with Crippen LogP contribution >= 0.6 is 0 Å². The van der Waals surface area contributed by atoms with Crippen molar-refractivity contribution in [1.29, 1.82) is 0 Å². The molecule has 1 heteroatoms. The number of terminal acetylenes is 2. The zero-order valence-electron chi connectivity index (χ0n) is 19.5. The third-order valence-electron chi connectivity index (χ3n) is 11.3. The van der Waals surface area contributed by atoms with Gasteiger partial charge in [0.25, 0.3) is 0 Å². The lowest BCUT2D eigenvalue weighted by atomic mass is 9.46. The Morgan fingerprint density at radius 1 is 0.581 bits per heavy atom. The molecule has 0 heterocycles. The maximum Gasteiger partial charge on any atom is 0.0508 e. The van der Waals surface area contributed by atoms with E-state index in [1.807, 2.05) is 0 Å². The molecule has 8 aliphatic rings. The zero-order valence-corrected chi connectivity index (χ0v) is 19.5. The first kappa shape index (κ1) is 20.7. The minimum Gasteiger partial charge on any atom is -0.381 e. The van der Waals surface area contributed by atoms with Crippen molar-refractivity contribution in [1.82, 2.24) is 0 Å². The molecule has 0 N–H and O–H groups in total. The molecule has 0 aromatic carbocycles. The van der Waals surface area contributed by atoms with Crippen LogP contribution in [-0.2, 0) is 4.74 Å². The Morgan fingerprint density at radius 3 is 1.13 bits per heavy atom. The van der Waals surface area contributed by atoms with Crippen LogP contribution in [0.5, 0.6) is 0 Å². The fourth-order valence-corrected chi connectivity index (χ4v) is 10.9. The minimum atomic E-state index is 0.490. The molecule has 0 aliphatic heterocycles. The molecule has 0 radical (unpaired) electrons. The van der Waals surface area contributed by atoms with Crippen molar-refractivity contribution in [2.24, 2.45) is 58.2 Å². The van der Waals surface area contributed by atoms with Gasteiger partial charge in [-0.15, -0.1) is 24.7 Å². The highest BCUT2D eigenvalue weighted by Gasteiger charge is 2.55. The van der Waals surface area contributed by atoms with Gasteiger partial charge in [0.1, 0.15) is 0 Å². The Balaban J connectivity index is 1.13. The molecular formula is C30H42O. The van der Waals surface area contributed by atoms with Gasteiger partial charge in [0.05, 0.1) is 13.2 Å². The van der Waals surface area contributed by atoms with E-state index in [1.54, 1.807) is 0 Å². The van der Waals surface area contributed by atoms with E-state index in [0.717, 1.165) is 61.6 Å². The summed E-state index contributed by atoms with van der Waals surface area (Å²) in [6, 6.07) is 0. The van der Waals surface area contributed by atoms with Gasteiger partial charge in [0, 0.05) is 12.8 Å². The summed E-state index contributed by atoms with van der Waals surface area (Å²) in [6.07, 6.45) is 31.2. The monoisotopic (exact) mass is 418 g/mol. The summed E-state index contributed by atoms with van der Waals surface area (Å²) in [7, 11) is 0. The van der Waals surface area contributed by atoms with Gasteiger partial charge in [-0.25, -0.2) is 0 Å². The Hall–Kier alpha value is -0.920. The van der Waals surface area contributed by atoms with Gasteiger partial charge in [0.2, 0.25) is 0 Å². The maximum absolute atomic E-state index is 6.65. The smallest absolute Gasteiger partial charge is 0.0508 e. The first-order valence-electron chi connectivity index (χ1n) is 13.5. The molecule has 0 aromatic heterocycles. The largest absolute Gasteiger partial charge is 0.381 e. The van der Waals surface area contributed by atoms with Crippen molar-refractivity contribution in [2.45, 2.75) is 89.9 Å². The lowest BCUT2D eigenvalue weighted by Gasteiger charge is -2.60. The second-order valence-electron chi connectivity index (χ2n) is 13.3. The molecule has 8 rings (SSSR count). The zero-order chi connectivity index (χ0) is 21.1. The van der Waals surface area contributed by atoms with E-state index >= 15 is 0 Å². The summed E-state index contributed by atoms with van der Waals surface area (Å²) in [6.45, 7) is 1.76. The molecule has 2 unspecified atom stereocenters. The Morgan fingerprint density at radius 2 is 0.871 bits per heavy atom. The van der Waals surface area contributed by atoms with Crippen molar-refractivity contribution >= 4 is 0 Å². The number of rotatable bonds is 8. The molecule has 8 aliphatic carbocycles. The summed E-state index contributed by atoms with van der Waals surface area (Å²) >= 11 is 0. The number of ether oxygens (including phenoxy) is 1. The lowest BCUT2D eigenvalue weighted by Crippen LogP contribution is -2.51. The lowest BCUT2D eigenvalue weighted by molar-refractivity contribution is -0.124. The molecule has 8 bridgehead atoms. The van der Waals surface area contributed by atoms with Gasteiger partial charge in [-0.3, -0.25) is 0 Å². The fraction of sp³-hybridized carbons (Fsp3) is 0.867. The molecule has 168 valence electrons. The van der Waals surface area contributed by atoms with Crippen molar-refractivity contribution in [3.05, 3.63) is 0 Å². The highest BCUT2D eigenvalue weighted by Crippen LogP contribution is 2.64. The van der Waals surface area contributed by atoms with E-state index in [-0.39, 0.29) is 0 Å². The Bertz CT molecular complexity index is 628. The number of hydrogen-bond donors (Lipinski definition) is 0. The fourth-order valence-electron chi connectivity index (χ4n) is 10.9. The minimum absolute atomic E-state index is 0.490. The van der Waals surface area contributed by atoms with Gasteiger partial charge in [-0.05, 0) is 135 Å². The highest BCUT2D eigenvalue weighted by molar-refractivity contribution is 5.08. The molecule has 0 amide bonds. The van der Waals surface area contributed by atoms with Crippen molar-refractivity contribution < 1.29 is 4.74 Å². The van der Waals surface area contributed by atoms with Crippen LogP contribution in [0.2, 0.25) is 0 Å². The summed E-state index contributed by atoms with van der Waals surface area (Å²) in [5.74, 6) is 13.1. The molecule has 1 nitrogen and oxygen atoms in total. The van der Waals surface area contributed by atoms with Crippen molar-refractivity contribution in [2.75, 3.05) is 13.2 Å².